The number of carbonyl (C=O) groups is 2. The van der Waals surface area contributed by atoms with E-state index in [4.69, 9.17) is 0 Å². The molecule has 1 N–H and O–H groups in total. The maximum atomic E-state index is 12.3. The molecular formula is C16H29NO3. The van der Waals surface area contributed by atoms with Crippen molar-refractivity contribution in [3.8, 4) is 0 Å². The van der Waals surface area contributed by atoms with Gasteiger partial charge in [-0.15, -0.1) is 0 Å². The van der Waals surface area contributed by atoms with Crippen LogP contribution in [0.4, 0.5) is 0 Å². The third-order valence-electron chi connectivity index (χ3n) is 4.58. The van der Waals surface area contributed by atoms with Crippen molar-refractivity contribution in [1.82, 2.24) is 4.90 Å². The Morgan fingerprint density at radius 3 is 2.20 bits per heavy atom. The van der Waals surface area contributed by atoms with Crippen molar-refractivity contribution in [2.75, 3.05) is 13.1 Å². The van der Waals surface area contributed by atoms with E-state index in [0.717, 1.165) is 6.42 Å². The summed E-state index contributed by atoms with van der Waals surface area (Å²) in [6.45, 7) is 11.2. The Hall–Kier alpha value is -1.06. The Kier molecular flexibility index (Phi) is 5.60. The van der Waals surface area contributed by atoms with Gasteiger partial charge in [-0.2, -0.15) is 0 Å². The number of rotatable bonds is 6. The Bertz CT molecular complexity index is 365. The summed E-state index contributed by atoms with van der Waals surface area (Å²) in [4.78, 5) is 25.6. The van der Waals surface area contributed by atoms with E-state index in [-0.39, 0.29) is 11.8 Å². The van der Waals surface area contributed by atoms with Gasteiger partial charge in [-0.05, 0) is 30.6 Å². The highest BCUT2D eigenvalue weighted by Gasteiger charge is 2.48. The van der Waals surface area contributed by atoms with Crippen LogP contribution in [0.15, 0.2) is 0 Å². The van der Waals surface area contributed by atoms with E-state index in [9.17, 15) is 14.7 Å². The minimum Gasteiger partial charge on any atom is -0.481 e. The summed E-state index contributed by atoms with van der Waals surface area (Å²) in [7, 11) is 0. The van der Waals surface area contributed by atoms with Gasteiger partial charge in [-0.1, -0.05) is 34.6 Å². The third-order valence-corrected chi connectivity index (χ3v) is 4.58. The molecule has 1 aliphatic heterocycles. The predicted octanol–water partition coefficient (Wildman–Crippen LogP) is 3.02. The number of hydrogen-bond acceptors (Lipinski definition) is 2. The van der Waals surface area contributed by atoms with Gasteiger partial charge in [0.25, 0.3) is 0 Å². The molecule has 0 bridgehead atoms. The molecule has 1 saturated heterocycles. The van der Waals surface area contributed by atoms with Gasteiger partial charge in [-0.25, -0.2) is 0 Å². The van der Waals surface area contributed by atoms with Gasteiger partial charge in [0, 0.05) is 19.5 Å². The SMILES string of the molecule is CC(C)CC(C)CC(=O)N1CCC(C(=O)O)(C(C)C)C1. The smallest absolute Gasteiger partial charge is 0.311 e. The van der Waals surface area contributed by atoms with Crippen LogP contribution in [0.25, 0.3) is 0 Å². The molecule has 0 aromatic carbocycles. The molecule has 1 rings (SSSR count). The first-order valence-electron chi connectivity index (χ1n) is 7.70. The maximum absolute atomic E-state index is 12.3. The number of carboxylic acids is 1. The number of nitrogens with zero attached hydrogens (tertiary/aromatic N) is 1. The van der Waals surface area contributed by atoms with E-state index in [2.05, 4.69) is 20.8 Å². The standard InChI is InChI=1S/C16H29NO3/c1-11(2)8-13(5)9-14(18)17-7-6-16(10-17,12(3)4)15(19)20/h11-13H,6-10H2,1-5H3,(H,19,20). The number of carbonyl (C=O) groups excluding carboxylic acids is 1. The van der Waals surface area contributed by atoms with E-state index in [1.54, 1.807) is 4.90 Å². The zero-order valence-corrected chi connectivity index (χ0v) is 13.5. The summed E-state index contributed by atoms with van der Waals surface area (Å²) in [5.74, 6) is 0.345. The fourth-order valence-corrected chi connectivity index (χ4v) is 3.25. The van der Waals surface area contributed by atoms with Crippen LogP contribution in [0.1, 0.15) is 53.9 Å². The fraction of sp³-hybridized carbons (Fsp3) is 0.875. The van der Waals surface area contributed by atoms with Crippen LogP contribution in [-0.4, -0.2) is 35.0 Å². The lowest BCUT2D eigenvalue weighted by Gasteiger charge is -2.29. The zero-order chi connectivity index (χ0) is 15.5. The average molecular weight is 283 g/mol. The molecule has 1 aliphatic rings. The second-order valence-electron chi connectivity index (χ2n) is 7.12. The third kappa shape index (κ3) is 3.74. The lowest BCUT2D eigenvalue weighted by Crippen LogP contribution is -2.40. The molecule has 0 spiro atoms. The van der Waals surface area contributed by atoms with Crippen molar-refractivity contribution in [3.63, 3.8) is 0 Å². The molecule has 116 valence electrons. The lowest BCUT2D eigenvalue weighted by molar-refractivity contribution is -0.151. The van der Waals surface area contributed by atoms with E-state index >= 15 is 0 Å². The molecule has 1 amide bonds. The van der Waals surface area contributed by atoms with Gasteiger partial charge in [-0.3, -0.25) is 9.59 Å². The summed E-state index contributed by atoms with van der Waals surface area (Å²) < 4.78 is 0. The van der Waals surface area contributed by atoms with Crippen LogP contribution in [-0.2, 0) is 9.59 Å². The summed E-state index contributed by atoms with van der Waals surface area (Å²) in [5, 5.41) is 9.50. The van der Waals surface area contributed by atoms with Crippen LogP contribution in [0, 0.1) is 23.2 Å². The maximum Gasteiger partial charge on any atom is 0.311 e. The van der Waals surface area contributed by atoms with Crippen molar-refractivity contribution in [2.24, 2.45) is 23.2 Å². The Balaban J connectivity index is 2.63. The number of likely N-dealkylation sites (tertiary alicyclic amines) is 1. The first-order valence-corrected chi connectivity index (χ1v) is 7.70. The molecule has 4 heteroatoms. The van der Waals surface area contributed by atoms with E-state index in [1.807, 2.05) is 13.8 Å². The number of hydrogen-bond donors (Lipinski definition) is 1. The van der Waals surface area contributed by atoms with Gasteiger partial charge in [0.05, 0.1) is 5.41 Å². The van der Waals surface area contributed by atoms with Crippen LogP contribution in [0.2, 0.25) is 0 Å². The highest BCUT2D eigenvalue weighted by molar-refractivity contribution is 5.81. The monoisotopic (exact) mass is 283 g/mol. The quantitative estimate of drug-likeness (QED) is 0.815. The second kappa shape index (κ2) is 6.59. The number of aliphatic carboxylic acids is 1. The molecule has 0 aliphatic carbocycles. The molecule has 2 unspecified atom stereocenters. The van der Waals surface area contributed by atoms with Crippen LogP contribution >= 0.6 is 0 Å². The minimum absolute atomic E-state index is 0.0471. The van der Waals surface area contributed by atoms with Gasteiger partial charge < -0.3 is 10.0 Å². The van der Waals surface area contributed by atoms with Gasteiger partial charge in [0.15, 0.2) is 0 Å². The Morgan fingerprint density at radius 2 is 1.80 bits per heavy atom. The molecule has 2 atom stereocenters. The molecule has 1 heterocycles. The summed E-state index contributed by atoms with van der Waals surface area (Å²) >= 11 is 0. The first kappa shape index (κ1) is 17.0. The number of amides is 1. The van der Waals surface area contributed by atoms with E-state index < -0.39 is 11.4 Å². The van der Waals surface area contributed by atoms with Crippen molar-refractivity contribution in [3.05, 3.63) is 0 Å². The first-order chi connectivity index (χ1) is 9.19. The Labute approximate surface area is 122 Å². The molecule has 4 nitrogen and oxygen atoms in total. The molecular weight excluding hydrogens is 254 g/mol. The van der Waals surface area contributed by atoms with Crippen molar-refractivity contribution < 1.29 is 14.7 Å². The van der Waals surface area contributed by atoms with Gasteiger partial charge in [0.2, 0.25) is 5.91 Å². The van der Waals surface area contributed by atoms with Crippen LogP contribution in [0.3, 0.4) is 0 Å². The fourth-order valence-electron chi connectivity index (χ4n) is 3.25. The van der Waals surface area contributed by atoms with E-state index in [0.29, 0.717) is 37.8 Å². The highest BCUT2D eigenvalue weighted by Crippen LogP contribution is 2.38. The largest absolute Gasteiger partial charge is 0.481 e. The molecule has 0 radical (unpaired) electrons. The van der Waals surface area contributed by atoms with Gasteiger partial charge >= 0.3 is 5.97 Å². The number of carboxylic acid groups (broad SMARTS) is 1. The lowest BCUT2D eigenvalue weighted by atomic mass is 9.76. The normalized spacial score (nSPS) is 24.4. The topological polar surface area (TPSA) is 57.6 Å². The van der Waals surface area contributed by atoms with Crippen molar-refractivity contribution >= 4 is 11.9 Å². The molecule has 20 heavy (non-hydrogen) atoms. The summed E-state index contributed by atoms with van der Waals surface area (Å²) in [6, 6.07) is 0. The molecule has 0 aromatic rings. The Morgan fingerprint density at radius 1 is 1.20 bits per heavy atom. The highest BCUT2D eigenvalue weighted by atomic mass is 16.4. The predicted molar refractivity (Wildman–Crippen MR) is 79.3 cm³/mol. The van der Waals surface area contributed by atoms with E-state index in [1.165, 1.54) is 0 Å². The van der Waals surface area contributed by atoms with Crippen molar-refractivity contribution in [1.29, 1.82) is 0 Å². The minimum atomic E-state index is -0.766. The summed E-state index contributed by atoms with van der Waals surface area (Å²) in [5.41, 5.74) is -0.753. The van der Waals surface area contributed by atoms with Gasteiger partial charge in [0.1, 0.15) is 0 Å². The average Bonchev–Trinajstić information content (AvgIpc) is 2.73. The molecule has 0 aromatic heterocycles. The van der Waals surface area contributed by atoms with Crippen molar-refractivity contribution in [2.45, 2.75) is 53.9 Å². The van der Waals surface area contributed by atoms with Crippen LogP contribution in [0.5, 0.6) is 0 Å². The van der Waals surface area contributed by atoms with Crippen LogP contribution < -0.4 is 0 Å². The second-order valence-corrected chi connectivity index (χ2v) is 7.12. The molecule has 1 fully saturated rings. The molecule has 0 saturated carbocycles. The zero-order valence-electron chi connectivity index (χ0n) is 13.5. The summed E-state index contributed by atoms with van der Waals surface area (Å²) in [6.07, 6.45) is 2.14.